The van der Waals surface area contributed by atoms with Crippen LogP contribution in [0, 0.1) is 0 Å². The molecule has 0 aliphatic carbocycles. The lowest BCUT2D eigenvalue weighted by Crippen LogP contribution is -2.41. The summed E-state index contributed by atoms with van der Waals surface area (Å²) in [7, 11) is 0. The Labute approximate surface area is 109 Å². The van der Waals surface area contributed by atoms with E-state index in [2.05, 4.69) is 10.6 Å². The van der Waals surface area contributed by atoms with Gasteiger partial charge in [-0.25, -0.2) is 4.79 Å². The van der Waals surface area contributed by atoms with Gasteiger partial charge in [-0.1, -0.05) is 23.7 Å². The fraction of sp³-hybridized carbons (Fsp3) is 0.273. The maximum absolute atomic E-state index is 11.3. The van der Waals surface area contributed by atoms with Gasteiger partial charge in [-0.15, -0.1) is 11.6 Å². The molecule has 1 unspecified atom stereocenters. The molecular formula is C11H12Cl2N2O2. The van der Waals surface area contributed by atoms with Gasteiger partial charge in [0.1, 0.15) is 5.88 Å². The summed E-state index contributed by atoms with van der Waals surface area (Å²) in [5.41, 5.74) is 0.853. The van der Waals surface area contributed by atoms with E-state index in [9.17, 15) is 9.59 Å². The van der Waals surface area contributed by atoms with Crippen molar-refractivity contribution in [3.05, 3.63) is 34.9 Å². The van der Waals surface area contributed by atoms with Crippen LogP contribution in [0.3, 0.4) is 0 Å². The van der Waals surface area contributed by atoms with Crippen LogP contribution in [0.5, 0.6) is 0 Å². The van der Waals surface area contributed by atoms with E-state index in [1.807, 2.05) is 6.07 Å². The van der Waals surface area contributed by atoms with Crippen molar-refractivity contribution in [2.75, 3.05) is 5.88 Å². The monoisotopic (exact) mass is 274 g/mol. The third kappa shape index (κ3) is 4.63. The Bertz CT molecular complexity index is 424. The van der Waals surface area contributed by atoms with E-state index < -0.39 is 11.9 Å². The first-order valence-electron chi connectivity index (χ1n) is 4.94. The number of halogens is 2. The third-order valence-corrected chi connectivity index (χ3v) is 2.55. The van der Waals surface area contributed by atoms with Gasteiger partial charge in [-0.2, -0.15) is 0 Å². The zero-order chi connectivity index (χ0) is 12.8. The number of hydrogen-bond donors (Lipinski definition) is 2. The molecule has 6 heteroatoms. The minimum absolute atomic E-state index is 0.251. The van der Waals surface area contributed by atoms with Crippen LogP contribution in [-0.2, 0) is 4.79 Å². The van der Waals surface area contributed by atoms with Crippen molar-refractivity contribution in [2.24, 2.45) is 0 Å². The fourth-order valence-electron chi connectivity index (χ4n) is 1.25. The lowest BCUT2D eigenvalue weighted by Gasteiger charge is -2.14. The van der Waals surface area contributed by atoms with Crippen LogP contribution in [0.2, 0.25) is 5.02 Å². The average molecular weight is 275 g/mol. The van der Waals surface area contributed by atoms with Crippen molar-refractivity contribution in [1.82, 2.24) is 10.6 Å². The van der Waals surface area contributed by atoms with Gasteiger partial charge in [-0.3, -0.25) is 10.1 Å². The Balaban J connectivity index is 2.57. The number of carbonyl (C=O) groups excluding carboxylic acids is 2. The first-order chi connectivity index (χ1) is 8.02. The molecule has 4 nitrogen and oxygen atoms in total. The lowest BCUT2D eigenvalue weighted by atomic mass is 10.1. The van der Waals surface area contributed by atoms with Gasteiger partial charge in [0, 0.05) is 5.02 Å². The normalized spacial score (nSPS) is 11.7. The molecule has 0 bridgehead atoms. The summed E-state index contributed by atoms with van der Waals surface area (Å²) in [5.74, 6) is -0.790. The number of benzene rings is 1. The van der Waals surface area contributed by atoms with E-state index in [1.165, 1.54) is 0 Å². The second-order valence-electron chi connectivity index (χ2n) is 3.43. The van der Waals surface area contributed by atoms with Crippen LogP contribution < -0.4 is 10.6 Å². The molecule has 3 amide bonds. The van der Waals surface area contributed by atoms with Crippen molar-refractivity contribution < 1.29 is 9.59 Å². The fourth-order valence-corrected chi connectivity index (χ4v) is 1.52. The molecule has 1 aromatic carbocycles. The number of nitrogens with one attached hydrogen (secondary N) is 2. The molecule has 0 saturated carbocycles. The van der Waals surface area contributed by atoms with Crippen LogP contribution >= 0.6 is 23.2 Å². The van der Waals surface area contributed by atoms with E-state index in [0.717, 1.165) is 5.56 Å². The van der Waals surface area contributed by atoms with E-state index in [4.69, 9.17) is 23.2 Å². The maximum Gasteiger partial charge on any atom is 0.321 e. The largest absolute Gasteiger partial charge is 0.331 e. The van der Waals surface area contributed by atoms with Gasteiger partial charge in [0.2, 0.25) is 5.91 Å². The SMILES string of the molecule is CC(NC(=O)NC(=O)CCl)c1cccc(Cl)c1. The van der Waals surface area contributed by atoms with Crippen molar-refractivity contribution in [2.45, 2.75) is 13.0 Å². The van der Waals surface area contributed by atoms with Crippen molar-refractivity contribution >= 4 is 35.1 Å². The molecule has 0 heterocycles. The Morgan fingerprint density at radius 2 is 2.12 bits per heavy atom. The van der Waals surface area contributed by atoms with Crippen LogP contribution in [0.15, 0.2) is 24.3 Å². The first-order valence-corrected chi connectivity index (χ1v) is 5.86. The highest BCUT2D eigenvalue weighted by molar-refractivity contribution is 6.30. The molecule has 1 aromatic rings. The molecule has 0 fully saturated rings. The van der Waals surface area contributed by atoms with E-state index >= 15 is 0 Å². The second-order valence-corrected chi connectivity index (χ2v) is 4.14. The molecule has 0 radical (unpaired) electrons. The topological polar surface area (TPSA) is 58.2 Å². The number of amides is 3. The first kappa shape index (κ1) is 13.8. The number of urea groups is 1. The molecule has 2 N–H and O–H groups in total. The molecule has 0 aliphatic rings. The summed E-state index contributed by atoms with van der Waals surface area (Å²) in [6.07, 6.45) is 0. The predicted octanol–water partition coefficient (Wildman–Crippen LogP) is 2.47. The highest BCUT2D eigenvalue weighted by Gasteiger charge is 2.11. The average Bonchev–Trinajstić information content (AvgIpc) is 2.28. The summed E-state index contributed by atoms with van der Waals surface area (Å²) in [4.78, 5) is 22.2. The van der Waals surface area contributed by atoms with Crippen molar-refractivity contribution in [1.29, 1.82) is 0 Å². The van der Waals surface area contributed by atoms with Gasteiger partial charge >= 0.3 is 6.03 Å². The van der Waals surface area contributed by atoms with Gasteiger partial charge in [0.05, 0.1) is 6.04 Å². The lowest BCUT2D eigenvalue weighted by molar-refractivity contribution is -0.117. The minimum Gasteiger partial charge on any atom is -0.331 e. The second kappa shape index (κ2) is 6.47. The quantitative estimate of drug-likeness (QED) is 0.832. The molecule has 0 aromatic heterocycles. The van der Waals surface area contributed by atoms with Crippen LogP contribution in [0.4, 0.5) is 4.79 Å². The van der Waals surface area contributed by atoms with Crippen molar-refractivity contribution in [3.63, 3.8) is 0 Å². The summed E-state index contributed by atoms with van der Waals surface area (Å²) < 4.78 is 0. The van der Waals surface area contributed by atoms with Crippen LogP contribution in [0.1, 0.15) is 18.5 Å². The van der Waals surface area contributed by atoms with Gasteiger partial charge in [0.25, 0.3) is 0 Å². The van der Waals surface area contributed by atoms with Gasteiger partial charge in [-0.05, 0) is 24.6 Å². The smallest absolute Gasteiger partial charge is 0.321 e. The molecule has 0 spiro atoms. The van der Waals surface area contributed by atoms with E-state index in [-0.39, 0.29) is 11.9 Å². The molecule has 17 heavy (non-hydrogen) atoms. The van der Waals surface area contributed by atoms with Crippen molar-refractivity contribution in [3.8, 4) is 0 Å². The van der Waals surface area contributed by atoms with Crippen LogP contribution in [0.25, 0.3) is 0 Å². The maximum atomic E-state index is 11.3. The molecule has 0 saturated heterocycles. The highest BCUT2D eigenvalue weighted by atomic mass is 35.5. The molecule has 1 rings (SSSR count). The Kier molecular flexibility index (Phi) is 5.25. The zero-order valence-corrected chi connectivity index (χ0v) is 10.7. The predicted molar refractivity (Wildman–Crippen MR) is 67.3 cm³/mol. The number of hydrogen-bond acceptors (Lipinski definition) is 2. The number of carbonyl (C=O) groups is 2. The minimum atomic E-state index is -0.580. The number of imide groups is 1. The summed E-state index contributed by atoms with van der Waals surface area (Å²) in [6, 6.07) is 6.28. The molecule has 1 atom stereocenters. The van der Waals surface area contributed by atoms with E-state index in [0.29, 0.717) is 5.02 Å². The third-order valence-electron chi connectivity index (χ3n) is 2.07. The Hall–Kier alpha value is -1.26. The zero-order valence-electron chi connectivity index (χ0n) is 9.17. The summed E-state index contributed by atoms with van der Waals surface area (Å²) in [6.45, 7) is 1.79. The van der Waals surface area contributed by atoms with Crippen LogP contribution in [-0.4, -0.2) is 17.8 Å². The highest BCUT2D eigenvalue weighted by Crippen LogP contribution is 2.16. The summed E-state index contributed by atoms with van der Waals surface area (Å²) in [5, 5.41) is 5.28. The molecular weight excluding hydrogens is 263 g/mol. The number of alkyl halides is 1. The standard InChI is InChI=1S/C11H12Cl2N2O2/c1-7(8-3-2-4-9(13)5-8)14-11(17)15-10(16)6-12/h2-5,7H,6H2,1H3,(H2,14,15,16,17). The molecule has 92 valence electrons. The number of rotatable bonds is 3. The van der Waals surface area contributed by atoms with Gasteiger partial charge in [0.15, 0.2) is 0 Å². The Morgan fingerprint density at radius 1 is 1.41 bits per heavy atom. The Morgan fingerprint density at radius 3 is 2.71 bits per heavy atom. The molecule has 0 aliphatic heterocycles. The van der Waals surface area contributed by atoms with E-state index in [1.54, 1.807) is 25.1 Å². The van der Waals surface area contributed by atoms with Gasteiger partial charge < -0.3 is 5.32 Å². The summed E-state index contributed by atoms with van der Waals surface area (Å²) >= 11 is 11.1.